The Bertz CT molecular complexity index is 835. The topological polar surface area (TPSA) is 79.8 Å². The van der Waals surface area contributed by atoms with Gasteiger partial charge in [0.25, 0.3) is 5.91 Å². The molecule has 0 fully saturated rings. The van der Waals surface area contributed by atoms with Crippen molar-refractivity contribution in [2.75, 3.05) is 5.32 Å². The maximum atomic E-state index is 12.3. The molecular formula is C16H14ClN5OS. The Kier molecular flexibility index (Phi) is 5.02. The number of anilines is 2. The number of amides is 1. The number of aryl methyl sites for hydroxylation is 1. The molecule has 122 valence electrons. The lowest BCUT2D eigenvalue weighted by molar-refractivity contribution is 0.0954. The molecule has 0 atom stereocenters. The first-order valence-corrected chi connectivity index (χ1v) is 8.34. The summed E-state index contributed by atoms with van der Waals surface area (Å²) < 4.78 is 0. The number of thiazole rings is 1. The van der Waals surface area contributed by atoms with Gasteiger partial charge in [-0.3, -0.25) is 9.78 Å². The number of carbonyl (C=O) groups is 1. The first-order valence-electron chi connectivity index (χ1n) is 7.15. The maximum Gasteiger partial charge on any atom is 0.263 e. The molecule has 0 spiro atoms. The van der Waals surface area contributed by atoms with Crippen molar-refractivity contribution >= 4 is 39.8 Å². The van der Waals surface area contributed by atoms with Gasteiger partial charge in [-0.1, -0.05) is 22.9 Å². The Hall–Kier alpha value is -2.51. The normalized spacial score (nSPS) is 10.4. The standard InChI is InChI=1S/C16H14ClN5OS/c1-10-14(15(23)20-8-11-4-6-18-7-5-11)24-16(21-10)22-13-3-2-12(17)9-19-13/h2-7,9H,8H2,1H3,(H,20,23)(H,19,21,22). The van der Waals surface area contributed by atoms with Gasteiger partial charge in [-0.25, -0.2) is 9.97 Å². The molecule has 0 radical (unpaired) electrons. The van der Waals surface area contributed by atoms with Crippen LogP contribution in [0.1, 0.15) is 20.9 Å². The highest BCUT2D eigenvalue weighted by Gasteiger charge is 2.15. The Morgan fingerprint density at radius 3 is 2.75 bits per heavy atom. The molecule has 0 unspecified atom stereocenters. The van der Waals surface area contributed by atoms with Gasteiger partial charge in [0.1, 0.15) is 10.7 Å². The van der Waals surface area contributed by atoms with Crippen LogP contribution >= 0.6 is 22.9 Å². The third-order valence-corrected chi connectivity index (χ3v) is 4.46. The Morgan fingerprint density at radius 2 is 2.04 bits per heavy atom. The second-order valence-electron chi connectivity index (χ2n) is 4.96. The van der Waals surface area contributed by atoms with Crippen LogP contribution in [0, 0.1) is 6.92 Å². The fraction of sp³-hybridized carbons (Fsp3) is 0.125. The van der Waals surface area contributed by atoms with Crippen molar-refractivity contribution in [2.24, 2.45) is 0 Å². The van der Waals surface area contributed by atoms with Crippen LogP contribution in [0.5, 0.6) is 0 Å². The molecule has 0 saturated heterocycles. The van der Waals surface area contributed by atoms with Crippen LogP contribution in [-0.4, -0.2) is 20.9 Å². The SMILES string of the molecule is Cc1nc(Nc2ccc(Cl)cn2)sc1C(=O)NCc1ccncc1. The molecule has 24 heavy (non-hydrogen) atoms. The molecule has 8 heteroatoms. The quantitative estimate of drug-likeness (QED) is 0.728. The van der Waals surface area contributed by atoms with Crippen molar-refractivity contribution < 1.29 is 4.79 Å². The highest BCUT2D eigenvalue weighted by Crippen LogP contribution is 2.25. The molecular weight excluding hydrogens is 346 g/mol. The molecule has 0 aliphatic rings. The largest absolute Gasteiger partial charge is 0.347 e. The van der Waals surface area contributed by atoms with Crippen molar-refractivity contribution in [3.8, 4) is 0 Å². The van der Waals surface area contributed by atoms with E-state index in [1.54, 1.807) is 37.6 Å². The summed E-state index contributed by atoms with van der Waals surface area (Å²) in [5.41, 5.74) is 1.66. The van der Waals surface area contributed by atoms with Crippen LogP contribution in [0.3, 0.4) is 0 Å². The van der Waals surface area contributed by atoms with E-state index in [0.29, 0.717) is 33.1 Å². The van der Waals surface area contributed by atoms with Gasteiger partial charge in [-0.15, -0.1) is 0 Å². The molecule has 0 saturated carbocycles. The van der Waals surface area contributed by atoms with E-state index in [-0.39, 0.29) is 5.91 Å². The van der Waals surface area contributed by atoms with Crippen molar-refractivity contribution in [3.63, 3.8) is 0 Å². The number of hydrogen-bond donors (Lipinski definition) is 2. The van der Waals surface area contributed by atoms with Gasteiger partial charge in [0.2, 0.25) is 0 Å². The Balaban J connectivity index is 1.66. The van der Waals surface area contributed by atoms with Gasteiger partial charge in [0.05, 0.1) is 10.7 Å². The molecule has 6 nitrogen and oxygen atoms in total. The van der Waals surface area contributed by atoms with E-state index in [9.17, 15) is 4.79 Å². The number of rotatable bonds is 5. The Morgan fingerprint density at radius 1 is 1.25 bits per heavy atom. The fourth-order valence-electron chi connectivity index (χ4n) is 1.98. The van der Waals surface area contributed by atoms with Crippen LogP contribution in [0.25, 0.3) is 0 Å². The van der Waals surface area contributed by atoms with E-state index >= 15 is 0 Å². The van der Waals surface area contributed by atoms with Crippen molar-refractivity contribution in [3.05, 3.63) is 64.0 Å². The predicted octanol–water partition coefficient (Wildman–Crippen LogP) is 3.57. The first kappa shape index (κ1) is 16.4. The molecule has 0 aliphatic carbocycles. The van der Waals surface area contributed by atoms with E-state index in [0.717, 1.165) is 5.56 Å². The number of carbonyl (C=O) groups excluding carboxylic acids is 1. The summed E-state index contributed by atoms with van der Waals surface area (Å²) in [7, 11) is 0. The number of nitrogens with one attached hydrogen (secondary N) is 2. The zero-order valence-electron chi connectivity index (χ0n) is 12.8. The number of aromatic nitrogens is 3. The van der Waals surface area contributed by atoms with Gasteiger partial charge >= 0.3 is 0 Å². The predicted molar refractivity (Wildman–Crippen MR) is 94.8 cm³/mol. The van der Waals surface area contributed by atoms with E-state index in [1.165, 1.54) is 11.3 Å². The molecule has 3 aromatic rings. The molecule has 0 bridgehead atoms. The van der Waals surface area contributed by atoms with Crippen molar-refractivity contribution in [1.82, 2.24) is 20.3 Å². The summed E-state index contributed by atoms with van der Waals surface area (Å²) in [6, 6.07) is 7.21. The van der Waals surface area contributed by atoms with Crippen LogP contribution in [0.15, 0.2) is 42.9 Å². The van der Waals surface area contributed by atoms with Crippen LogP contribution in [-0.2, 0) is 6.54 Å². The summed E-state index contributed by atoms with van der Waals surface area (Å²) >= 11 is 7.09. The highest BCUT2D eigenvalue weighted by atomic mass is 35.5. The second kappa shape index (κ2) is 7.37. The molecule has 0 aliphatic heterocycles. The average Bonchev–Trinajstić information content (AvgIpc) is 2.96. The van der Waals surface area contributed by atoms with Crippen molar-refractivity contribution in [2.45, 2.75) is 13.5 Å². The lowest BCUT2D eigenvalue weighted by Crippen LogP contribution is -2.22. The minimum Gasteiger partial charge on any atom is -0.347 e. The van der Waals surface area contributed by atoms with Gasteiger partial charge in [-0.05, 0) is 36.8 Å². The van der Waals surface area contributed by atoms with Crippen molar-refractivity contribution in [1.29, 1.82) is 0 Å². The fourth-order valence-corrected chi connectivity index (χ4v) is 2.98. The van der Waals surface area contributed by atoms with Gasteiger partial charge < -0.3 is 10.6 Å². The van der Waals surface area contributed by atoms with Crippen LogP contribution < -0.4 is 10.6 Å². The summed E-state index contributed by atoms with van der Waals surface area (Å²) in [5, 5.41) is 7.12. The minimum atomic E-state index is -0.154. The molecule has 3 rings (SSSR count). The maximum absolute atomic E-state index is 12.3. The van der Waals surface area contributed by atoms with Gasteiger partial charge in [0.15, 0.2) is 5.13 Å². The monoisotopic (exact) mass is 359 g/mol. The number of hydrogen-bond acceptors (Lipinski definition) is 6. The molecule has 3 aromatic heterocycles. The molecule has 1 amide bonds. The Labute approximate surface area is 148 Å². The minimum absolute atomic E-state index is 0.154. The second-order valence-corrected chi connectivity index (χ2v) is 6.39. The number of pyridine rings is 2. The van der Waals surface area contributed by atoms with E-state index in [1.807, 2.05) is 12.1 Å². The van der Waals surface area contributed by atoms with E-state index < -0.39 is 0 Å². The van der Waals surface area contributed by atoms with Crippen LogP contribution in [0.4, 0.5) is 10.9 Å². The first-order chi connectivity index (χ1) is 11.6. The molecule has 3 heterocycles. The summed E-state index contributed by atoms with van der Waals surface area (Å²) in [4.78, 5) is 25.4. The molecule has 2 N–H and O–H groups in total. The van der Waals surface area contributed by atoms with Gasteiger partial charge in [0, 0.05) is 25.1 Å². The number of nitrogens with zero attached hydrogens (tertiary/aromatic N) is 3. The third-order valence-electron chi connectivity index (χ3n) is 3.17. The zero-order valence-corrected chi connectivity index (χ0v) is 14.4. The third kappa shape index (κ3) is 4.06. The zero-order chi connectivity index (χ0) is 16.9. The lowest BCUT2D eigenvalue weighted by atomic mass is 10.2. The van der Waals surface area contributed by atoms with E-state index in [4.69, 9.17) is 11.6 Å². The van der Waals surface area contributed by atoms with Gasteiger partial charge in [-0.2, -0.15) is 0 Å². The van der Waals surface area contributed by atoms with E-state index in [2.05, 4.69) is 25.6 Å². The smallest absolute Gasteiger partial charge is 0.263 e. The summed E-state index contributed by atoms with van der Waals surface area (Å²) in [6.07, 6.45) is 4.94. The average molecular weight is 360 g/mol. The highest BCUT2D eigenvalue weighted by molar-refractivity contribution is 7.17. The summed E-state index contributed by atoms with van der Waals surface area (Å²) in [6.45, 7) is 2.25. The summed E-state index contributed by atoms with van der Waals surface area (Å²) in [5.74, 6) is 0.468. The number of halogens is 1. The van der Waals surface area contributed by atoms with Crippen LogP contribution in [0.2, 0.25) is 5.02 Å². The molecule has 0 aromatic carbocycles. The lowest BCUT2D eigenvalue weighted by Gasteiger charge is -2.03.